The summed E-state index contributed by atoms with van der Waals surface area (Å²) >= 11 is 0. The lowest BCUT2D eigenvalue weighted by Crippen LogP contribution is -2.18. The van der Waals surface area contributed by atoms with Crippen LogP contribution in [0.5, 0.6) is 5.75 Å². The molecular weight excluding hydrogens is 236 g/mol. The van der Waals surface area contributed by atoms with Gasteiger partial charge in [-0.3, -0.25) is 4.98 Å². The van der Waals surface area contributed by atoms with Crippen LogP contribution in [0.15, 0.2) is 36.5 Å². The van der Waals surface area contributed by atoms with Crippen LogP contribution in [-0.4, -0.2) is 10.1 Å². The van der Waals surface area contributed by atoms with Gasteiger partial charge >= 0.3 is 0 Å². The van der Waals surface area contributed by atoms with Gasteiger partial charge in [0.2, 0.25) is 0 Å². The van der Waals surface area contributed by atoms with Gasteiger partial charge in [0.05, 0.1) is 0 Å². The van der Waals surface area contributed by atoms with Crippen molar-refractivity contribution in [3.05, 3.63) is 58.9 Å². The van der Waals surface area contributed by atoms with Gasteiger partial charge in [-0.05, 0) is 54.7 Å². The molecule has 0 fully saturated rings. The number of aromatic hydroxyl groups is 1. The van der Waals surface area contributed by atoms with Crippen molar-refractivity contribution in [3.63, 3.8) is 0 Å². The van der Waals surface area contributed by atoms with Crippen molar-refractivity contribution in [1.82, 2.24) is 10.3 Å². The maximum Gasteiger partial charge on any atom is 0.115 e. The quantitative estimate of drug-likeness (QED) is 0.885. The van der Waals surface area contributed by atoms with Gasteiger partial charge in [-0.1, -0.05) is 12.1 Å². The normalized spacial score (nSPS) is 17.4. The molecule has 3 nitrogen and oxygen atoms in total. The van der Waals surface area contributed by atoms with E-state index in [9.17, 15) is 5.11 Å². The van der Waals surface area contributed by atoms with Crippen LogP contribution in [0.2, 0.25) is 0 Å². The lowest BCUT2D eigenvalue weighted by atomic mass is 10.1. The summed E-state index contributed by atoms with van der Waals surface area (Å²) in [5.41, 5.74) is 4.83. The van der Waals surface area contributed by atoms with Crippen LogP contribution >= 0.6 is 0 Å². The largest absolute Gasteiger partial charge is 0.508 e. The number of hydrogen-bond donors (Lipinski definition) is 2. The zero-order valence-corrected chi connectivity index (χ0v) is 11.1. The van der Waals surface area contributed by atoms with Crippen molar-refractivity contribution in [2.24, 2.45) is 0 Å². The summed E-state index contributed by atoms with van der Waals surface area (Å²) < 4.78 is 0. The maximum atomic E-state index is 9.49. The molecule has 1 aromatic heterocycles. The Hall–Kier alpha value is -1.87. The average molecular weight is 254 g/mol. The van der Waals surface area contributed by atoms with E-state index in [-0.39, 0.29) is 0 Å². The van der Waals surface area contributed by atoms with Crippen molar-refractivity contribution in [2.45, 2.75) is 32.4 Å². The van der Waals surface area contributed by atoms with E-state index in [2.05, 4.69) is 16.4 Å². The minimum atomic E-state index is 0.363. The first kappa shape index (κ1) is 12.2. The SMILES string of the molecule is Cc1ccc(CNC2CCc3cc(O)ccc32)cn1. The number of rotatable bonds is 3. The summed E-state index contributed by atoms with van der Waals surface area (Å²) in [7, 11) is 0. The minimum Gasteiger partial charge on any atom is -0.508 e. The standard InChI is InChI=1S/C16H18N2O/c1-11-2-3-12(9-17-11)10-18-16-7-4-13-8-14(19)5-6-15(13)16/h2-3,5-6,8-9,16,18-19H,4,7,10H2,1H3. The fraction of sp³-hybridized carbons (Fsp3) is 0.312. The van der Waals surface area contributed by atoms with Gasteiger partial charge in [-0.25, -0.2) is 0 Å². The van der Waals surface area contributed by atoms with Gasteiger partial charge in [0.15, 0.2) is 0 Å². The molecule has 1 atom stereocenters. The number of fused-ring (bicyclic) bond motifs is 1. The van der Waals surface area contributed by atoms with Crippen molar-refractivity contribution >= 4 is 0 Å². The van der Waals surface area contributed by atoms with Crippen LogP contribution in [0.4, 0.5) is 0 Å². The third kappa shape index (κ3) is 2.61. The summed E-state index contributed by atoms with van der Waals surface area (Å²) in [6.45, 7) is 2.83. The summed E-state index contributed by atoms with van der Waals surface area (Å²) in [4.78, 5) is 4.31. The van der Waals surface area contributed by atoms with Crippen molar-refractivity contribution < 1.29 is 5.11 Å². The third-order valence-electron chi connectivity index (χ3n) is 3.73. The van der Waals surface area contributed by atoms with Crippen molar-refractivity contribution in [2.75, 3.05) is 0 Å². The van der Waals surface area contributed by atoms with Gasteiger partial charge in [0, 0.05) is 24.5 Å². The highest BCUT2D eigenvalue weighted by Crippen LogP contribution is 2.33. The van der Waals surface area contributed by atoms with E-state index in [0.717, 1.165) is 25.1 Å². The van der Waals surface area contributed by atoms with Gasteiger partial charge < -0.3 is 10.4 Å². The fourth-order valence-electron chi connectivity index (χ4n) is 2.66. The number of aryl methyl sites for hydroxylation is 2. The Bertz CT molecular complexity index is 578. The molecule has 2 aromatic rings. The average Bonchev–Trinajstić information content (AvgIpc) is 2.80. The molecule has 98 valence electrons. The number of phenolic OH excluding ortho intramolecular Hbond substituents is 1. The topological polar surface area (TPSA) is 45.1 Å². The van der Waals surface area contributed by atoms with Crippen LogP contribution in [0.3, 0.4) is 0 Å². The van der Waals surface area contributed by atoms with Gasteiger partial charge in [-0.15, -0.1) is 0 Å². The molecule has 2 N–H and O–H groups in total. The lowest BCUT2D eigenvalue weighted by Gasteiger charge is -2.14. The van der Waals surface area contributed by atoms with E-state index in [1.807, 2.05) is 31.3 Å². The van der Waals surface area contributed by atoms with E-state index in [1.165, 1.54) is 16.7 Å². The first-order valence-electron chi connectivity index (χ1n) is 6.69. The molecule has 3 rings (SSSR count). The second-order valence-electron chi connectivity index (χ2n) is 5.16. The smallest absolute Gasteiger partial charge is 0.115 e. The molecule has 0 saturated carbocycles. The number of hydrogen-bond acceptors (Lipinski definition) is 3. The molecule has 19 heavy (non-hydrogen) atoms. The number of nitrogens with one attached hydrogen (secondary N) is 1. The number of phenols is 1. The van der Waals surface area contributed by atoms with Crippen molar-refractivity contribution in [3.8, 4) is 5.75 Å². The van der Waals surface area contributed by atoms with Crippen molar-refractivity contribution in [1.29, 1.82) is 0 Å². The summed E-state index contributed by atoms with van der Waals surface area (Å²) in [6.07, 6.45) is 4.06. The first-order valence-corrected chi connectivity index (χ1v) is 6.69. The highest BCUT2D eigenvalue weighted by molar-refractivity contribution is 5.40. The van der Waals surface area contributed by atoms with E-state index >= 15 is 0 Å². The van der Waals surface area contributed by atoms with E-state index in [4.69, 9.17) is 0 Å². The molecule has 1 heterocycles. The molecule has 3 heteroatoms. The number of pyridine rings is 1. The molecule has 0 bridgehead atoms. The van der Waals surface area contributed by atoms with Crippen LogP contribution in [0.1, 0.15) is 34.8 Å². The van der Waals surface area contributed by atoms with Gasteiger partial charge in [-0.2, -0.15) is 0 Å². The summed E-state index contributed by atoms with van der Waals surface area (Å²) in [6, 6.07) is 10.2. The molecule has 1 aliphatic rings. The molecule has 0 amide bonds. The summed E-state index contributed by atoms with van der Waals surface area (Å²) in [5, 5.41) is 13.1. The predicted molar refractivity (Wildman–Crippen MR) is 75.0 cm³/mol. The highest BCUT2D eigenvalue weighted by Gasteiger charge is 2.21. The molecule has 1 aliphatic carbocycles. The van der Waals surface area contributed by atoms with E-state index in [0.29, 0.717) is 11.8 Å². The number of nitrogens with zero attached hydrogens (tertiary/aromatic N) is 1. The Morgan fingerprint density at radius 3 is 3.00 bits per heavy atom. The molecule has 1 unspecified atom stereocenters. The molecule has 0 saturated heterocycles. The second kappa shape index (κ2) is 5.02. The van der Waals surface area contributed by atoms with Gasteiger partial charge in [0.25, 0.3) is 0 Å². The second-order valence-corrected chi connectivity index (χ2v) is 5.16. The Morgan fingerprint density at radius 1 is 1.32 bits per heavy atom. The van der Waals surface area contributed by atoms with Crippen LogP contribution < -0.4 is 5.32 Å². The third-order valence-corrected chi connectivity index (χ3v) is 3.73. The molecule has 0 aliphatic heterocycles. The zero-order valence-electron chi connectivity index (χ0n) is 11.1. The maximum absolute atomic E-state index is 9.49. The Balaban J connectivity index is 1.68. The highest BCUT2D eigenvalue weighted by atomic mass is 16.3. The monoisotopic (exact) mass is 254 g/mol. The van der Waals surface area contributed by atoms with Gasteiger partial charge in [0.1, 0.15) is 5.75 Å². The molecular formula is C16H18N2O. The first-order chi connectivity index (χ1) is 9.22. The van der Waals surface area contributed by atoms with Crippen LogP contribution in [-0.2, 0) is 13.0 Å². The van der Waals surface area contributed by atoms with E-state index in [1.54, 1.807) is 6.07 Å². The minimum absolute atomic E-state index is 0.363. The molecule has 0 radical (unpaired) electrons. The Labute approximate surface area is 113 Å². The zero-order chi connectivity index (χ0) is 13.2. The van der Waals surface area contributed by atoms with E-state index < -0.39 is 0 Å². The van der Waals surface area contributed by atoms with Crippen LogP contribution in [0, 0.1) is 6.92 Å². The molecule has 0 spiro atoms. The number of benzene rings is 1. The summed E-state index contributed by atoms with van der Waals surface area (Å²) in [5.74, 6) is 0.363. The van der Waals surface area contributed by atoms with Crippen LogP contribution in [0.25, 0.3) is 0 Å². The molecule has 1 aromatic carbocycles. The Morgan fingerprint density at radius 2 is 2.21 bits per heavy atom. The Kier molecular flexibility index (Phi) is 3.22. The number of aromatic nitrogens is 1. The lowest BCUT2D eigenvalue weighted by molar-refractivity contribution is 0.474. The fourth-order valence-corrected chi connectivity index (χ4v) is 2.66. The predicted octanol–water partition coefficient (Wildman–Crippen LogP) is 2.87.